The molecule has 1 heterocycles. The van der Waals surface area contributed by atoms with E-state index < -0.39 is 12.1 Å². The molecule has 0 unspecified atom stereocenters. The summed E-state index contributed by atoms with van der Waals surface area (Å²) in [7, 11) is 0. The largest absolute Gasteiger partial charge is 0.490 e. The van der Waals surface area contributed by atoms with Crippen LogP contribution in [-0.4, -0.2) is 22.2 Å². The van der Waals surface area contributed by atoms with Crippen LogP contribution in [0.5, 0.6) is 0 Å². The average molecular weight is 322 g/mol. The second-order valence-electron chi connectivity index (χ2n) is 4.20. The van der Waals surface area contributed by atoms with Gasteiger partial charge in [0.05, 0.1) is 0 Å². The summed E-state index contributed by atoms with van der Waals surface area (Å²) < 4.78 is 31.7. The summed E-state index contributed by atoms with van der Waals surface area (Å²) in [5.74, 6) is 3.39. The number of hydrogen-bond acceptors (Lipinski definition) is 3. The lowest BCUT2D eigenvalue weighted by molar-refractivity contribution is -0.192. The van der Waals surface area contributed by atoms with Crippen LogP contribution in [0.4, 0.5) is 13.2 Å². The molecule has 0 bridgehead atoms. The van der Waals surface area contributed by atoms with Gasteiger partial charge in [-0.2, -0.15) is 13.2 Å². The van der Waals surface area contributed by atoms with E-state index in [1.165, 1.54) is 0 Å². The van der Waals surface area contributed by atoms with Gasteiger partial charge in [-0.15, -0.1) is 0 Å². The first-order chi connectivity index (χ1) is 10.8. The fraction of sp³-hybridized carbons (Fsp3) is 0.125. The molecule has 23 heavy (non-hydrogen) atoms. The first-order valence-corrected chi connectivity index (χ1v) is 6.34. The van der Waals surface area contributed by atoms with E-state index in [0.29, 0.717) is 6.54 Å². The molecule has 7 heteroatoms. The molecule has 120 valence electrons. The second kappa shape index (κ2) is 8.56. The highest BCUT2D eigenvalue weighted by Crippen LogP contribution is 2.13. The Morgan fingerprint density at radius 2 is 1.70 bits per heavy atom. The van der Waals surface area contributed by atoms with E-state index in [2.05, 4.69) is 16.8 Å². The molecule has 1 aromatic carbocycles. The van der Waals surface area contributed by atoms with E-state index in [9.17, 15) is 13.2 Å². The number of nitrogens with zero attached hydrogens (tertiary/aromatic N) is 1. The number of aliphatic carboxylic acids is 1. The van der Waals surface area contributed by atoms with Crippen LogP contribution in [0.3, 0.4) is 0 Å². The van der Waals surface area contributed by atoms with E-state index in [0.717, 1.165) is 16.7 Å². The summed E-state index contributed by atoms with van der Waals surface area (Å²) in [6.07, 6.45) is -1.58. The summed E-state index contributed by atoms with van der Waals surface area (Å²) in [5.41, 5.74) is 8.43. The standard InChI is InChI=1S/C14H12N2.C2HF3O2/c15-9-14-8-13(10-16-11-14)7-6-12-4-2-1-3-5-12;3-2(4,5)1(6)7/h1-5,8,10-11H,9,15H2;(H,6,7). The maximum absolute atomic E-state index is 10.6. The van der Waals surface area contributed by atoms with Crippen molar-refractivity contribution < 1.29 is 23.1 Å². The van der Waals surface area contributed by atoms with Crippen molar-refractivity contribution in [2.75, 3.05) is 0 Å². The number of nitrogens with two attached hydrogens (primary N) is 1. The Hall–Kier alpha value is -2.85. The molecule has 1 aromatic heterocycles. The van der Waals surface area contributed by atoms with E-state index in [4.69, 9.17) is 15.6 Å². The van der Waals surface area contributed by atoms with Crippen molar-refractivity contribution in [2.45, 2.75) is 12.7 Å². The highest BCUT2D eigenvalue weighted by Gasteiger charge is 2.38. The molecule has 0 aliphatic rings. The maximum Gasteiger partial charge on any atom is 0.490 e. The lowest BCUT2D eigenvalue weighted by atomic mass is 10.2. The van der Waals surface area contributed by atoms with Crippen LogP contribution in [0.25, 0.3) is 0 Å². The van der Waals surface area contributed by atoms with Gasteiger partial charge in [0, 0.05) is 30.1 Å². The summed E-state index contributed by atoms with van der Waals surface area (Å²) in [5, 5.41) is 7.12. The minimum atomic E-state index is -5.08. The third kappa shape index (κ3) is 7.11. The summed E-state index contributed by atoms with van der Waals surface area (Å²) in [4.78, 5) is 13.0. The molecule has 0 saturated carbocycles. The van der Waals surface area contributed by atoms with Gasteiger partial charge in [-0.25, -0.2) is 4.79 Å². The number of pyridine rings is 1. The fourth-order valence-electron chi connectivity index (χ4n) is 1.33. The minimum Gasteiger partial charge on any atom is -0.475 e. The van der Waals surface area contributed by atoms with Crippen molar-refractivity contribution >= 4 is 5.97 Å². The number of carboxylic acids is 1. The van der Waals surface area contributed by atoms with E-state index >= 15 is 0 Å². The van der Waals surface area contributed by atoms with Crippen LogP contribution in [0.2, 0.25) is 0 Å². The predicted molar refractivity (Wildman–Crippen MR) is 78.2 cm³/mol. The van der Waals surface area contributed by atoms with E-state index in [1.807, 2.05) is 36.4 Å². The van der Waals surface area contributed by atoms with Gasteiger partial charge < -0.3 is 10.8 Å². The molecule has 4 nitrogen and oxygen atoms in total. The van der Waals surface area contributed by atoms with Crippen molar-refractivity contribution in [1.82, 2.24) is 4.98 Å². The molecule has 0 radical (unpaired) electrons. The monoisotopic (exact) mass is 322 g/mol. The second-order valence-corrected chi connectivity index (χ2v) is 4.20. The van der Waals surface area contributed by atoms with Crippen molar-refractivity contribution in [3.05, 3.63) is 65.5 Å². The van der Waals surface area contributed by atoms with Gasteiger partial charge in [0.2, 0.25) is 0 Å². The van der Waals surface area contributed by atoms with Gasteiger partial charge in [0.1, 0.15) is 0 Å². The number of hydrogen-bond donors (Lipinski definition) is 2. The number of carbonyl (C=O) groups is 1. The predicted octanol–water partition coefficient (Wildman–Crippen LogP) is 2.57. The lowest BCUT2D eigenvalue weighted by Gasteiger charge is -1.95. The van der Waals surface area contributed by atoms with Crippen molar-refractivity contribution in [3.8, 4) is 11.8 Å². The van der Waals surface area contributed by atoms with Gasteiger partial charge in [-0.05, 0) is 23.8 Å². The van der Waals surface area contributed by atoms with Crippen LogP contribution in [-0.2, 0) is 11.3 Å². The van der Waals surface area contributed by atoms with Crippen LogP contribution >= 0.6 is 0 Å². The van der Waals surface area contributed by atoms with Gasteiger partial charge in [0.15, 0.2) is 0 Å². The minimum absolute atomic E-state index is 0.494. The molecule has 3 N–H and O–H groups in total. The zero-order chi connectivity index (χ0) is 17.3. The third-order valence-electron chi connectivity index (χ3n) is 2.40. The first-order valence-electron chi connectivity index (χ1n) is 6.34. The Morgan fingerprint density at radius 1 is 1.13 bits per heavy atom. The number of benzene rings is 1. The van der Waals surface area contributed by atoms with Gasteiger partial charge in [-0.3, -0.25) is 4.98 Å². The third-order valence-corrected chi connectivity index (χ3v) is 2.40. The summed E-state index contributed by atoms with van der Waals surface area (Å²) in [6.45, 7) is 0.494. The Morgan fingerprint density at radius 3 is 2.22 bits per heavy atom. The molecule has 2 rings (SSSR count). The summed E-state index contributed by atoms with van der Waals surface area (Å²) in [6, 6.07) is 11.8. The van der Waals surface area contributed by atoms with Crippen LogP contribution in [0.1, 0.15) is 16.7 Å². The average Bonchev–Trinajstić information content (AvgIpc) is 2.54. The van der Waals surface area contributed by atoms with E-state index in [-0.39, 0.29) is 0 Å². The number of rotatable bonds is 1. The molecular weight excluding hydrogens is 309 g/mol. The fourth-order valence-corrected chi connectivity index (χ4v) is 1.33. The van der Waals surface area contributed by atoms with E-state index in [1.54, 1.807) is 12.4 Å². The molecule has 0 fully saturated rings. The Balaban J connectivity index is 0.000000322. The van der Waals surface area contributed by atoms with Crippen molar-refractivity contribution in [3.63, 3.8) is 0 Å². The molecule has 0 aliphatic carbocycles. The van der Waals surface area contributed by atoms with Crippen LogP contribution in [0.15, 0.2) is 48.8 Å². The van der Waals surface area contributed by atoms with Crippen LogP contribution in [0, 0.1) is 11.8 Å². The molecule has 0 atom stereocenters. The molecule has 0 amide bonds. The Labute approximate surface area is 130 Å². The Bertz CT molecular complexity index is 705. The van der Waals surface area contributed by atoms with Crippen LogP contribution < -0.4 is 5.73 Å². The maximum atomic E-state index is 10.6. The smallest absolute Gasteiger partial charge is 0.475 e. The number of alkyl halides is 3. The molecule has 0 spiro atoms. The lowest BCUT2D eigenvalue weighted by Crippen LogP contribution is -2.21. The van der Waals surface area contributed by atoms with Gasteiger partial charge >= 0.3 is 12.1 Å². The first kappa shape index (κ1) is 18.2. The zero-order valence-corrected chi connectivity index (χ0v) is 11.8. The SMILES string of the molecule is NCc1cncc(C#Cc2ccccc2)c1.O=C(O)C(F)(F)F. The number of carboxylic acid groups (broad SMARTS) is 1. The molecule has 2 aromatic rings. The molecule has 0 aliphatic heterocycles. The molecular formula is C16H13F3N2O2. The normalized spacial score (nSPS) is 9.91. The quantitative estimate of drug-likeness (QED) is 0.791. The highest BCUT2D eigenvalue weighted by atomic mass is 19.4. The summed E-state index contributed by atoms with van der Waals surface area (Å²) >= 11 is 0. The molecule has 0 saturated heterocycles. The van der Waals surface area contributed by atoms with Crippen molar-refractivity contribution in [2.24, 2.45) is 5.73 Å². The Kier molecular flexibility index (Phi) is 6.77. The van der Waals surface area contributed by atoms with Crippen molar-refractivity contribution in [1.29, 1.82) is 0 Å². The topological polar surface area (TPSA) is 76.2 Å². The van der Waals surface area contributed by atoms with Gasteiger partial charge in [-0.1, -0.05) is 30.0 Å². The number of aromatic nitrogens is 1. The zero-order valence-electron chi connectivity index (χ0n) is 11.8. The van der Waals surface area contributed by atoms with Gasteiger partial charge in [0.25, 0.3) is 0 Å². The highest BCUT2D eigenvalue weighted by molar-refractivity contribution is 5.73. The number of halogens is 3.